The summed E-state index contributed by atoms with van der Waals surface area (Å²) in [6.07, 6.45) is 3.73. The highest BCUT2D eigenvalue weighted by atomic mass is 35.5. The second-order valence-electron chi connectivity index (χ2n) is 6.74. The molecule has 4 rings (SSSR count). The number of hydrogen-bond acceptors (Lipinski definition) is 4. The predicted octanol–water partition coefficient (Wildman–Crippen LogP) is 4.56. The highest BCUT2D eigenvalue weighted by molar-refractivity contribution is 6.33. The maximum atomic E-state index is 12.9. The molecule has 1 heterocycles. The molecule has 0 fully saturated rings. The maximum absolute atomic E-state index is 12.9. The largest absolute Gasteiger partial charge is 0.452 e. The molecule has 1 amide bonds. The van der Waals surface area contributed by atoms with E-state index in [0.717, 1.165) is 47.8 Å². The molecule has 6 heteroatoms. The van der Waals surface area contributed by atoms with E-state index in [0.29, 0.717) is 16.3 Å². The summed E-state index contributed by atoms with van der Waals surface area (Å²) in [5.74, 6) is -0.931. The van der Waals surface area contributed by atoms with E-state index in [-0.39, 0.29) is 6.61 Å². The van der Waals surface area contributed by atoms with Gasteiger partial charge in [-0.1, -0.05) is 41.9 Å². The molecule has 3 aromatic rings. The van der Waals surface area contributed by atoms with Crippen LogP contribution >= 0.6 is 11.6 Å². The molecule has 0 spiro atoms. The standard InChI is InChI=1S/C22H19ClN2O3/c23-16-9-3-6-12-19(16)25-20(26)13-28-22(27)21-14-7-1-4-10-17(14)24-18-11-5-2-8-15(18)21/h1,3-4,6-7,9-10,12H,2,5,8,11,13H2,(H,25,26). The fourth-order valence-corrected chi connectivity index (χ4v) is 3.74. The summed E-state index contributed by atoms with van der Waals surface area (Å²) in [4.78, 5) is 29.8. The van der Waals surface area contributed by atoms with E-state index in [1.54, 1.807) is 24.3 Å². The van der Waals surface area contributed by atoms with Crippen molar-refractivity contribution in [3.05, 3.63) is 70.4 Å². The van der Waals surface area contributed by atoms with Crippen LogP contribution in [0.3, 0.4) is 0 Å². The first kappa shape index (κ1) is 18.4. The molecule has 1 aliphatic carbocycles. The van der Waals surface area contributed by atoms with Gasteiger partial charge >= 0.3 is 5.97 Å². The first-order chi connectivity index (χ1) is 13.6. The topological polar surface area (TPSA) is 68.3 Å². The quantitative estimate of drug-likeness (QED) is 0.658. The van der Waals surface area contributed by atoms with E-state index in [2.05, 4.69) is 5.32 Å². The third-order valence-corrected chi connectivity index (χ3v) is 5.19. The van der Waals surface area contributed by atoms with Crippen molar-refractivity contribution in [2.24, 2.45) is 0 Å². The van der Waals surface area contributed by atoms with Gasteiger partial charge in [-0.25, -0.2) is 4.79 Å². The Bertz CT molecular complexity index is 1060. The van der Waals surface area contributed by atoms with E-state index in [9.17, 15) is 9.59 Å². The van der Waals surface area contributed by atoms with Crippen LogP contribution in [-0.4, -0.2) is 23.5 Å². The Morgan fingerprint density at radius 2 is 1.79 bits per heavy atom. The maximum Gasteiger partial charge on any atom is 0.339 e. The number of esters is 1. The number of nitrogens with one attached hydrogen (secondary N) is 1. The Hall–Kier alpha value is -2.92. The van der Waals surface area contributed by atoms with Gasteiger partial charge in [0.2, 0.25) is 0 Å². The van der Waals surface area contributed by atoms with E-state index in [1.165, 1.54) is 0 Å². The molecule has 1 N–H and O–H groups in total. The van der Waals surface area contributed by atoms with Gasteiger partial charge in [-0.2, -0.15) is 0 Å². The first-order valence-electron chi connectivity index (χ1n) is 9.25. The normalized spacial score (nSPS) is 13.0. The smallest absolute Gasteiger partial charge is 0.339 e. The number of para-hydroxylation sites is 2. The number of anilines is 1. The minimum absolute atomic E-state index is 0.379. The fraction of sp³-hybridized carbons (Fsp3) is 0.227. The van der Waals surface area contributed by atoms with E-state index >= 15 is 0 Å². The number of aryl methyl sites for hydroxylation is 1. The van der Waals surface area contributed by atoms with Crippen molar-refractivity contribution in [2.75, 3.05) is 11.9 Å². The molecule has 28 heavy (non-hydrogen) atoms. The summed E-state index contributed by atoms with van der Waals surface area (Å²) in [6, 6.07) is 14.4. The Morgan fingerprint density at radius 3 is 2.64 bits per heavy atom. The number of aromatic nitrogens is 1. The van der Waals surface area contributed by atoms with E-state index in [4.69, 9.17) is 21.3 Å². The summed E-state index contributed by atoms with van der Waals surface area (Å²) in [6.45, 7) is -0.379. The minimum Gasteiger partial charge on any atom is -0.452 e. The number of carbonyl (C=O) groups is 2. The number of ether oxygens (including phenoxy) is 1. The number of rotatable bonds is 4. The molecular weight excluding hydrogens is 376 g/mol. The Morgan fingerprint density at radius 1 is 1.04 bits per heavy atom. The van der Waals surface area contributed by atoms with Crippen molar-refractivity contribution < 1.29 is 14.3 Å². The lowest BCUT2D eigenvalue weighted by atomic mass is 9.90. The minimum atomic E-state index is -0.494. The molecule has 1 aliphatic rings. The van der Waals surface area contributed by atoms with Crippen molar-refractivity contribution in [1.29, 1.82) is 0 Å². The Balaban J connectivity index is 1.56. The SMILES string of the molecule is O=C(COC(=O)c1c2c(nc3ccccc13)CCCC2)Nc1ccccc1Cl. The number of hydrogen-bond donors (Lipinski definition) is 1. The number of amides is 1. The van der Waals surface area contributed by atoms with Gasteiger partial charge in [0.25, 0.3) is 5.91 Å². The molecule has 0 radical (unpaired) electrons. The number of pyridine rings is 1. The van der Waals surface area contributed by atoms with Crippen LogP contribution in [0.4, 0.5) is 5.69 Å². The van der Waals surface area contributed by atoms with Crippen molar-refractivity contribution in [1.82, 2.24) is 4.98 Å². The average molecular weight is 395 g/mol. The molecule has 0 saturated heterocycles. The van der Waals surface area contributed by atoms with E-state index < -0.39 is 11.9 Å². The fourth-order valence-electron chi connectivity index (χ4n) is 3.56. The highest BCUT2D eigenvalue weighted by Gasteiger charge is 2.24. The lowest BCUT2D eigenvalue weighted by Gasteiger charge is -2.20. The molecule has 0 bridgehead atoms. The summed E-state index contributed by atoms with van der Waals surface area (Å²) in [5.41, 5.74) is 3.69. The van der Waals surface area contributed by atoms with Crippen LogP contribution < -0.4 is 5.32 Å². The lowest BCUT2D eigenvalue weighted by molar-refractivity contribution is -0.119. The molecule has 0 atom stereocenters. The lowest BCUT2D eigenvalue weighted by Crippen LogP contribution is -2.22. The van der Waals surface area contributed by atoms with Crippen molar-refractivity contribution in [3.63, 3.8) is 0 Å². The number of halogens is 1. The van der Waals surface area contributed by atoms with Crippen molar-refractivity contribution in [3.8, 4) is 0 Å². The van der Waals surface area contributed by atoms with Gasteiger partial charge in [-0.05, 0) is 49.4 Å². The molecule has 142 valence electrons. The Kier molecular flexibility index (Phi) is 5.26. The Labute approximate surface area is 167 Å². The van der Waals surface area contributed by atoms with Gasteiger partial charge in [0.1, 0.15) is 0 Å². The zero-order valence-electron chi connectivity index (χ0n) is 15.2. The zero-order chi connectivity index (χ0) is 19.5. The number of fused-ring (bicyclic) bond motifs is 2. The molecule has 1 aromatic heterocycles. The van der Waals surface area contributed by atoms with E-state index in [1.807, 2.05) is 24.3 Å². The van der Waals surface area contributed by atoms with Crippen LogP contribution in [0.5, 0.6) is 0 Å². The van der Waals surface area contributed by atoms with Gasteiger partial charge in [0.15, 0.2) is 6.61 Å². The summed E-state index contributed by atoms with van der Waals surface area (Å²) in [7, 11) is 0. The summed E-state index contributed by atoms with van der Waals surface area (Å²) in [5, 5.41) is 3.85. The average Bonchev–Trinajstić information content (AvgIpc) is 2.72. The molecule has 0 unspecified atom stereocenters. The van der Waals surface area contributed by atoms with Crippen LogP contribution in [0.1, 0.15) is 34.5 Å². The predicted molar refractivity (Wildman–Crippen MR) is 109 cm³/mol. The van der Waals surface area contributed by atoms with Crippen LogP contribution in [0, 0.1) is 0 Å². The van der Waals surface area contributed by atoms with Gasteiger partial charge in [-0.15, -0.1) is 0 Å². The molecule has 0 saturated carbocycles. The zero-order valence-corrected chi connectivity index (χ0v) is 16.0. The first-order valence-corrected chi connectivity index (χ1v) is 9.63. The number of benzene rings is 2. The number of nitrogens with zero attached hydrogens (tertiary/aromatic N) is 1. The molecule has 0 aliphatic heterocycles. The second kappa shape index (κ2) is 7.98. The van der Waals surface area contributed by atoms with Crippen LogP contribution in [0.25, 0.3) is 10.9 Å². The molecule has 5 nitrogen and oxygen atoms in total. The summed E-state index contributed by atoms with van der Waals surface area (Å²) < 4.78 is 5.35. The highest BCUT2D eigenvalue weighted by Crippen LogP contribution is 2.29. The van der Waals surface area contributed by atoms with Crippen molar-refractivity contribution >= 4 is 40.1 Å². The third kappa shape index (κ3) is 3.71. The van der Waals surface area contributed by atoms with Crippen LogP contribution in [0.15, 0.2) is 48.5 Å². The van der Waals surface area contributed by atoms with Crippen LogP contribution in [0.2, 0.25) is 5.02 Å². The van der Waals surface area contributed by atoms with Crippen LogP contribution in [-0.2, 0) is 22.4 Å². The second-order valence-corrected chi connectivity index (χ2v) is 7.15. The molecule has 2 aromatic carbocycles. The number of carbonyl (C=O) groups excluding carboxylic acids is 2. The van der Waals surface area contributed by atoms with Gasteiger partial charge in [-0.3, -0.25) is 9.78 Å². The van der Waals surface area contributed by atoms with Gasteiger partial charge < -0.3 is 10.1 Å². The van der Waals surface area contributed by atoms with Crippen molar-refractivity contribution in [2.45, 2.75) is 25.7 Å². The molecular formula is C22H19ClN2O3. The monoisotopic (exact) mass is 394 g/mol. The summed E-state index contributed by atoms with van der Waals surface area (Å²) >= 11 is 6.04. The third-order valence-electron chi connectivity index (χ3n) is 4.86. The van der Waals surface area contributed by atoms with Gasteiger partial charge in [0.05, 0.1) is 21.8 Å². The van der Waals surface area contributed by atoms with Gasteiger partial charge in [0, 0.05) is 11.1 Å².